The van der Waals surface area contributed by atoms with Crippen molar-refractivity contribution in [3.8, 4) is 11.4 Å². The quantitative estimate of drug-likeness (QED) is 0.777. The summed E-state index contributed by atoms with van der Waals surface area (Å²) < 4.78 is 16.0. The van der Waals surface area contributed by atoms with Crippen LogP contribution in [0.25, 0.3) is 17.0 Å². The third kappa shape index (κ3) is 2.85. The van der Waals surface area contributed by atoms with Crippen LogP contribution in [0, 0.1) is 6.92 Å². The van der Waals surface area contributed by atoms with Crippen molar-refractivity contribution >= 4 is 11.5 Å². The smallest absolute Gasteiger partial charge is 0.137 e. The summed E-state index contributed by atoms with van der Waals surface area (Å²) in [5, 5.41) is 6.30. The van der Waals surface area contributed by atoms with Crippen LogP contribution in [-0.2, 0) is 0 Å². The van der Waals surface area contributed by atoms with Gasteiger partial charge < -0.3 is 10.6 Å². The number of fused-ring (bicyclic) bond motifs is 1. The summed E-state index contributed by atoms with van der Waals surface area (Å²) in [6.45, 7) is 3.27. The summed E-state index contributed by atoms with van der Waals surface area (Å²) >= 11 is 0. The molecule has 3 aromatic heterocycles. The minimum atomic E-state index is -0.900. The van der Waals surface area contributed by atoms with Crippen LogP contribution in [0.1, 0.15) is 12.0 Å². The van der Waals surface area contributed by atoms with Crippen molar-refractivity contribution in [2.24, 2.45) is 0 Å². The molecule has 0 spiro atoms. The van der Waals surface area contributed by atoms with Crippen molar-refractivity contribution < 1.29 is 4.39 Å². The lowest BCUT2D eigenvalue weighted by molar-refractivity contribution is 0.244. The molecular weight excluding hydrogens is 305 g/mol. The summed E-state index contributed by atoms with van der Waals surface area (Å²) in [6, 6.07) is 9.60. The first-order valence-corrected chi connectivity index (χ1v) is 8.23. The first-order valence-electron chi connectivity index (χ1n) is 8.23. The molecule has 6 heteroatoms. The summed E-state index contributed by atoms with van der Waals surface area (Å²) in [7, 11) is 0. The van der Waals surface area contributed by atoms with Crippen molar-refractivity contribution in [3.05, 3.63) is 48.3 Å². The van der Waals surface area contributed by atoms with E-state index in [1.807, 2.05) is 54.0 Å². The van der Waals surface area contributed by atoms with Crippen LogP contribution in [0.4, 0.5) is 10.2 Å². The van der Waals surface area contributed by atoms with E-state index in [1.54, 1.807) is 0 Å². The Morgan fingerprint density at radius 1 is 1.29 bits per heavy atom. The third-order valence-electron chi connectivity index (χ3n) is 4.41. The van der Waals surface area contributed by atoms with Crippen LogP contribution in [0.3, 0.4) is 0 Å². The topological polar surface area (TPSA) is 54.2 Å². The van der Waals surface area contributed by atoms with Gasteiger partial charge in [0.1, 0.15) is 17.6 Å². The van der Waals surface area contributed by atoms with Crippen LogP contribution in [0.5, 0.6) is 0 Å². The fourth-order valence-corrected chi connectivity index (χ4v) is 3.11. The number of nitrogens with one attached hydrogen (secondary N) is 2. The molecule has 0 amide bonds. The second-order valence-corrected chi connectivity index (χ2v) is 6.25. The van der Waals surface area contributed by atoms with Gasteiger partial charge in [-0.2, -0.15) is 0 Å². The monoisotopic (exact) mass is 325 g/mol. The highest BCUT2D eigenvalue weighted by atomic mass is 19.1. The van der Waals surface area contributed by atoms with Gasteiger partial charge in [0, 0.05) is 12.7 Å². The van der Waals surface area contributed by atoms with Crippen LogP contribution in [0.15, 0.2) is 42.7 Å². The van der Waals surface area contributed by atoms with Gasteiger partial charge >= 0.3 is 0 Å². The number of halogens is 1. The van der Waals surface area contributed by atoms with Gasteiger partial charge in [-0.3, -0.25) is 4.40 Å². The average Bonchev–Trinajstić information content (AvgIpc) is 3.00. The van der Waals surface area contributed by atoms with Crippen molar-refractivity contribution in [1.82, 2.24) is 19.7 Å². The number of pyridine rings is 2. The minimum absolute atomic E-state index is 0.196. The number of aromatic nitrogens is 3. The van der Waals surface area contributed by atoms with Gasteiger partial charge in [0.25, 0.3) is 0 Å². The van der Waals surface area contributed by atoms with Crippen LogP contribution >= 0.6 is 0 Å². The maximum Gasteiger partial charge on any atom is 0.137 e. The molecule has 4 rings (SSSR count). The van der Waals surface area contributed by atoms with Crippen LogP contribution in [-0.4, -0.2) is 39.7 Å². The van der Waals surface area contributed by atoms with Crippen molar-refractivity contribution in [3.63, 3.8) is 0 Å². The van der Waals surface area contributed by atoms with Gasteiger partial charge in [-0.1, -0.05) is 12.1 Å². The Morgan fingerprint density at radius 2 is 2.21 bits per heavy atom. The molecule has 5 nitrogen and oxygen atoms in total. The molecule has 0 bridgehead atoms. The van der Waals surface area contributed by atoms with E-state index in [-0.39, 0.29) is 6.04 Å². The SMILES string of the molecule is Cc1ccc2ncc(-c3cccc(N[C@H]4CCNC[C@@H]4F)n3)n2c1. The zero-order valence-electron chi connectivity index (χ0n) is 13.5. The predicted octanol–water partition coefficient (Wildman–Crippen LogP) is 2.82. The standard InChI is InChI=1S/C18H20FN5/c1-12-5-6-18-21-10-16(24(18)11-12)15-3-2-4-17(23-15)22-14-7-8-20-9-13(14)19/h2-6,10-11,13-14,20H,7-9H2,1H3,(H,22,23)/t13-,14-/m0/s1. The summed E-state index contributed by atoms with van der Waals surface area (Å²) in [5.74, 6) is 0.699. The fraction of sp³-hybridized carbons (Fsp3) is 0.333. The normalized spacial score (nSPS) is 21.1. The van der Waals surface area contributed by atoms with Gasteiger partial charge in [0.2, 0.25) is 0 Å². The zero-order valence-corrected chi connectivity index (χ0v) is 13.5. The lowest BCUT2D eigenvalue weighted by atomic mass is 10.1. The lowest BCUT2D eigenvalue weighted by Gasteiger charge is -2.27. The molecule has 2 atom stereocenters. The van der Waals surface area contributed by atoms with E-state index < -0.39 is 6.17 Å². The fourth-order valence-electron chi connectivity index (χ4n) is 3.11. The van der Waals surface area contributed by atoms with Gasteiger partial charge in [-0.05, 0) is 43.7 Å². The molecule has 0 aromatic carbocycles. The number of anilines is 1. The molecule has 0 saturated carbocycles. The molecular formula is C18H20FN5. The van der Waals surface area contributed by atoms with E-state index in [2.05, 4.69) is 20.6 Å². The maximum absolute atomic E-state index is 14.0. The Hall–Kier alpha value is -2.47. The van der Waals surface area contributed by atoms with Gasteiger partial charge in [-0.15, -0.1) is 0 Å². The Labute approximate surface area is 139 Å². The maximum atomic E-state index is 14.0. The Balaban J connectivity index is 1.65. The molecule has 1 fully saturated rings. The predicted molar refractivity (Wildman–Crippen MR) is 93.0 cm³/mol. The van der Waals surface area contributed by atoms with Crippen LogP contribution in [0.2, 0.25) is 0 Å². The first kappa shape index (κ1) is 15.1. The number of rotatable bonds is 3. The molecule has 2 N–H and O–H groups in total. The molecule has 3 aromatic rings. The molecule has 4 heterocycles. The van der Waals surface area contributed by atoms with Gasteiger partial charge in [0.15, 0.2) is 0 Å². The number of hydrogen-bond donors (Lipinski definition) is 2. The Kier molecular flexibility index (Phi) is 3.90. The van der Waals surface area contributed by atoms with Crippen LogP contribution < -0.4 is 10.6 Å². The number of piperidine rings is 1. The zero-order chi connectivity index (χ0) is 16.5. The average molecular weight is 325 g/mol. The largest absolute Gasteiger partial charge is 0.364 e. The highest BCUT2D eigenvalue weighted by Crippen LogP contribution is 2.22. The molecule has 1 saturated heterocycles. The molecule has 24 heavy (non-hydrogen) atoms. The molecule has 0 unspecified atom stereocenters. The lowest BCUT2D eigenvalue weighted by Crippen LogP contribution is -2.45. The molecule has 1 aliphatic rings. The van der Waals surface area contributed by atoms with E-state index in [0.717, 1.165) is 35.6 Å². The van der Waals surface area contributed by atoms with Crippen molar-refractivity contribution in [2.45, 2.75) is 25.6 Å². The number of alkyl halides is 1. The van der Waals surface area contributed by atoms with Crippen molar-refractivity contribution in [1.29, 1.82) is 0 Å². The summed E-state index contributed by atoms with van der Waals surface area (Å²) in [4.78, 5) is 9.09. The molecule has 0 radical (unpaired) electrons. The van der Waals surface area contributed by atoms with E-state index in [0.29, 0.717) is 12.4 Å². The second kappa shape index (κ2) is 6.20. The Bertz CT molecular complexity index is 859. The van der Waals surface area contributed by atoms with E-state index in [9.17, 15) is 4.39 Å². The summed E-state index contributed by atoms with van der Waals surface area (Å²) in [5.41, 5.74) is 3.80. The third-order valence-corrected chi connectivity index (χ3v) is 4.41. The van der Waals surface area contributed by atoms with E-state index >= 15 is 0 Å². The van der Waals surface area contributed by atoms with Gasteiger partial charge in [-0.25, -0.2) is 14.4 Å². The molecule has 124 valence electrons. The van der Waals surface area contributed by atoms with E-state index in [4.69, 9.17) is 0 Å². The molecule has 1 aliphatic heterocycles. The highest BCUT2D eigenvalue weighted by Gasteiger charge is 2.24. The van der Waals surface area contributed by atoms with Crippen molar-refractivity contribution in [2.75, 3.05) is 18.4 Å². The number of imidazole rings is 1. The second-order valence-electron chi connectivity index (χ2n) is 6.25. The molecule has 0 aliphatic carbocycles. The highest BCUT2D eigenvalue weighted by molar-refractivity contribution is 5.62. The number of nitrogens with zero attached hydrogens (tertiary/aromatic N) is 3. The number of aryl methyl sites for hydroxylation is 1. The Morgan fingerprint density at radius 3 is 3.08 bits per heavy atom. The number of hydrogen-bond acceptors (Lipinski definition) is 4. The summed E-state index contributed by atoms with van der Waals surface area (Å²) in [6.07, 6.45) is 3.72. The van der Waals surface area contributed by atoms with E-state index in [1.165, 1.54) is 0 Å². The minimum Gasteiger partial charge on any atom is -0.364 e. The first-order chi connectivity index (χ1) is 11.7. The van der Waals surface area contributed by atoms with Gasteiger partial charge in [0.05, 0.1) is 23.6 Å².